The molecule has 0 saturated heterocycles. The number of methoxy groups -OCH3 is 1. The average Bonchev–Trinajstić information content (AvgIpc) is 2.59. The van der Waals surface area contributed by atoms with E-state index in [1.54, 1.807) is 7.11 Å². The molecular formula is C18H23ClN2O3. The normalized spacial score (nSPS) is 11.1. The maximum atomic E-state index is 12.0. The lowest BCUT2D eigenvalue weighted by atomic mass is 10.1. The van der Waals surface area contributed by atoms with Crippen LogP contribution in [0.15, 0.2) is 48.5 Å². The second-order valence-corrected chi connectivity index (χ2v) is 5.20. The van der Waals surface area contributed by atoms with Crippen molar-refractivity contribution in [2.24, 2.45) is 5.73 Å². The van der Waals surface area contributed by atoms with Crippen molar-refractivity contribution in [2.45, 2.75) is 13.0 Å². The molecule has 1 amide bonds. The standard InChI is InChI=1S/C18H22N2O3.ClH/c1-13-3-5-14(6-4-13)17(19)18(21)20-11-12-23-16-9-7-15(22-2)8-10-16;/h3-10,17H,11-12,19H2,1-2H3,(H,20,21);1H. The van der Waals surface area contributed by atoms with Gasteiger partial charge in [-0.2, -0.15) is 0 Å². The van der Waals surface area contributed by atoms with Crippen LogP contribution >= 0.6 is 12.4 Å². The van der Waals surface area contributed by atoms with E-state index in [1.807, 2.05) is 55.5 Å². The lowest BCUT2D eigenvalue weighted by Crippen LogP contribution is -2.36. The SMILES string of the molecule is COc1ccc(OCCNC(=O)C(N)c2ccc(C)cc2)cc1.Cl. The Balaban J connectivity index is 0.00000288. The Kier molecular flexibility index (Phi) is 8.09. The highest BCUT2D eigenvalue weighted by Gasteiger charge is 2.14. The van der Waals surface area contributed by atoms with Crippen LogP contribution < -0.4 is 20.5 Å². The molecule has 2 rings (SSSR count). The van der Waals surface area contributed by atoms with Gasteiger partial charge in [0.1, 0.15) is 24.1 Å². The number of amides is 1. The molecule has 0 spiro atoms. The summed E-state index contributed by atoms with van der Waals surface area (Å²) in [5.74, 6) is 1.28. The van der Waals surface area contributed by atoms with Crippen LogP contribution in [0.5, 0.6) is 11.5 Å². The second kappa shape index (κ2) is 9.80. The van der Waals surface area contributed by atoms with Crippen LogP contribution in [0.25, 0.3) is 0 Å². The first-order chi connectivity index (χ1) is 11.1. The summed E-state index contributed by atoms with van der Waals surface area (Å²) in [4.78, 5) is 12.0. The number of carbonyl (C=O) groups excluding carboxylic acids is 1. The van der Waals surface area contributed by atoms with Gasteiger partial charge in [0.2, 0.25) is 5.91 Å². The minimum atomic E-state index is -0.670. The van der Waals surface area contributed by atoms with E-state index >= 15 is 0 Å². The van der Waals surface area contributed by atoms with Crippen molar-refractivity contribution in [1.82, 2.24) is 5.32 Å². The lowest BCUT2D eigenvalue weighted by molar-refractivity contribution is -0.122. The summed E-state index contributed by atoms with van der Waals surface area (Å²) in [6.45, 7) is 2.76. The Morgan fingerprint density at radius 1 is 1.08 bits per heavy atom. The van der Waals surface area contributed by atoms with Gasteiger partial charge in [-0.15, -0.1) is 12.4 Å². The molecule has 5 nitrogen and oxygen atoms in total. The van der Waals surface area contributed by atoms with Crippen molar-refractivity contribution in [1.29, 1.82) is 0 Å². The molecule has 130 valence electrons. The number of nitrogens with two attached hydrogens (primary N) is 1. The molecule has 0 aliphatic carbocycles. The Hall–Kier alpha value is -2.24. The molecular weight excluding hydrogens is 328 g/mol. The molecule has 0 aromatic heterocycles. The molecule has 0 heterocycles. The molecule has 1 atom stereocenters. The Bertz CT molecular complexity index is 630. The van der Waals surface area contributed by atoms with E-state index in [0.717, 1.165) is 22.6 Å². The highest BCUT2D eigenvalue weighted by atomic mass is 35.5. The predicted molar refractivity (Wildman–Crippen MR) is 96.9 cm³/mol. The van der Waals surface area contributed by atoms with Gasteiger partial charge >= 0.3 is 0 Å². The number of rotatable bonds is 7. The van der Waals surface area contributed by atoms with E-state index in [1.165, 1.54) is 0 Å². The predicted octanol–water partition coefficient (Wildman–Crippen LogP) is 2.62. The van der Waals surface area contributed by atoms with Crippen molar-refractivity contribution in [2.75, 3.05) is 20.3 Å². The van der Waals surface area contributed by atoms with Crippen molar-refractivity contribution in [3.05, 3.63) is 59.7 Å². The van der Waals surface area contributed by atoms with Crippen molar-refractivity contribution >= 4 is 18.3 Å². The zero-order valence-electron chi connectivity index (χ0n) is 13.8. The molecule has 0 bridgehead atoms. The van der Waals surface area contributed by atoms with E-state index in [-0.39, 0.29) is 18.3 Å². The third-order valence-electron chi connectivity index (χ3n) is 3.45. The zero-order chi connectivity index (χ0) is 16.7. The number of ether oxygens (including phenoxy) is 2. The largest absolute Gasteiger partial charge is 0.497 e. The highest BCUT2D eigenvalue weighted by molar-refractivity contribution is 5.85. The van der Waals surface area contributed by atoms with Gasteiger partial charge in [-0.3, -0.25) is 4.79 Å². The first-order valence-corrected chi connectivity index (χ1v) is 7.47. The minimum absolute atomic E-state index is 0. The second-order valence-electron chi connectivity index (χ2n) is 5.20. The van der Waals surface area contributed by atoms with Gasteiger partial charge in [0.05, 0.1) is 13.7 Å². The van der Waals surface area contributed by atoms with Crippen LogP contribution in [0.3, 0.4) is 0 Å². The number of benzene rings is 2. The monoisotopic (exact) mass is 350 g/mol. The van der Waals surface area contributed by atoms with Gasteiger partial charge in [0.15, 0.2) is 0 Å². The molecule has 0 saturated carbocycles. The molecule has 0 fully saturated rings. The topological polar surface area (TPSA) is 73.6 Å². The van der Waals surface area contributed by atoms with Crippen LogP contribution in [-0.2, 0) is 4.79 Å². The van der Waals surface area contributed by atoms with Crippen molar-refractivity contribution < 1.29 is 14.3 Å². The fraction of sp³-hybridized carbons (Fsp3) is 0.278. The summed E-state index contributed by atoms with van der Waals surface area (Å²) < 4.78 is 10.6. The first-order valence-electron chi connectivity index (χ1n) is 7.47. The summed E-state index contributed by atoms with van der Waals surface area (Å²) in [7, 11) is 1.61. The summed E-state index contributed by atoms with van der Waals surface area (Å²) in [5, 5.41) is 2.77. The van der Waals surface area contributed by atoms with E-state index in [0.29, 0.717) is 13.2 Å². The summed E-state index contributed by atoms with van der Waals surface area (Å²) in [5.41, 5.74) is 7.88. The third kappa shape index (κ3) is 5.76. The van der Waals surface area contributed by atoms with Gasteiger partial charge in [-0.05, 0) is 36.8 Å². The molecule has 0 radical (unpaired) electrons. The fourth-order valence-electron chi connectivity index (χ4n) is 2.05. The van der Waals surface area contributed by atoms with Gasteiger partial charge in [0, 0.05) is 0 Å². The summed E-state index contributed by atoms with van der Waals surface area (Å²) in [6, 6.07) is 14.2. The molecule has 24 heavy (non-hydrogen) atoms. The van der Waals surface area contributed by atoms with Crippen LogP contribution in [0.1, 0.15) is 17.2 Å². The molecule has 3 N–H and O–H groups in total. The van der Waals surface area contributed by atoms with Crippen LogP contribution in [-0.4, -0.2) is 26.2 Å². The van der Waals surface area contributed by atoms with Crippen LogP contribution in [0.2, 0.25) is 0 Å². The average molecular weight is 351 g/mol. The molecule has 2 aromatic carbocycles. The lowest BCUT2D eigenvalue weighted by Gasteiger charge is -2.13. The Labute approximate surface area is 148 Å². The number of hydrogen-bond donors (Lipinski definition) is 2. The quantitative estimate of drug-likeness (QED) is 0.753. The van der Waals surface area contributed by atoms with E-state index < -0.39 is 6.04 Å². The van der Waals surface area contributed by atoms with Gasteiger partial charge in [-0.1, -0.05) is 29.8 Å². The zero-order valence-corrected chi connectivity index (χ0v) is 14.6. The minimum Gasteiger partial charge on any atom is -0.497 e. The highest BCUT2D eigenvalue weighted by Crippen LogP contribution is 2.16. The molecule has 6 heteroatoms. The molecule has 1 unspecified atom stereocenters. The number of hydrogen-bond acceptors (Lipinski definition) is 4. The molecule has 0 aliphatic heterocycles. The van der Waals surface area contributed by atoms with Gasteiger partial charge in [0.25, 0.3) is 0 Å². The van der Waals surface area contributed by atoms with Crippen molar-refractivity contribution in [3.8, 4) is 11.5 Å². The first kappa shape index (κ1) is 19.8. The van der Waals surface area contributed by atoms with E-state index in [9.17, 15) is 4.79 Å². The summed E-state index contributed by atoms with van der Waals surface area (Å²) in [6.07, 6.45) is 0. The van der Waals surface area contributed by atoms with Crippen LogP contribution in [0, 0.1) is 6.92 Å². The number of carbonyl (C=O) groups is 1. The third-order valence-corrected chi connectivity index (χ3v) is 3.45. The van der Waals surface area contributed by atoms with Crippen LogP contribution in [0.4, 0.5) is 0 Å². The van der Waals surface area contributed by atoms with E-state index in [2.05, 4.69) is 5.32 Å². The summed E-state index contributed by atoms with van der Waals surface area (Å²) >= 11 is 0. The maximum absolute atomic E-state index is 12.0. The number of nitrogens with one attached hydrogen (secondary N) is 1. The van der Waals surface area contributed by atoms with Crippen molar-refractivity contribution in [3.63, 3.8) is 0 Å². The molecule has 0 aliphatic rings. The molecule has 2 aromatic rings. The number of aryl methyl sites for hydroxylation is 1. The Morgan fingerprint density at radius 3 is 2.25 bits per heavy atom. The van der Waals surface area contributed by atoms with Gasteiger partial charge in [-0.25, -0.2) is 0 Å². The van der Waals surface area contributed by atoms with Gasteiger partial charge < -0.3 is 20.5 Å². The van der Waals surface area contributed by atoms with E-state index in [4.69, 9.17) is 15.2 Å². The fourth-order valence-corrected chi connectivity index (χ4v) is 2.05. The number of halogens is 1. The Morgan fingerprint density at radius 2 is 1.67 bits per heavy atom. The smallest absolute Gasteiger partial charge is 0.241 e. The maximum Gasteiger partial charge on any atom is 0.241 e.